The van der Waals surface area contributed by atoms with Crippen molar-refractivity contribution in [1.29, 1.82) is 5.26 Å². The number of nitriles is 1. The van der Waals surface area contributed by atoms with Gasteiger partial charge in [0, 0.05) is 51.5 Å². The van der Waals surface area contributed by atoms with Crippen molar-refractivity contribution in [2.45, 2.75) is 19.0 Å². The van der Waals surface area contributed by atoms with Gasteiger partial charge in [0.2, 0.25) is 0 Å². The highest BCUT2D eigenvalue weighted by atomic mass is 16.5. The first-order valence-electron chi connectivity index (χ1n) is 10.5. The summed E-state index contributed by atoms with van der Waals surface area (Å²) in [6.07, 6.45) is 0.536. The number of hydrogen-bond acceptors (Lipinski definition) is 6. The van der Waals surface area contributed by atoms with Gasteiger partial charge < -0.3 is 19.7 Å². The van der Waals surface area contributed by atoms with Crippen LogP contribution in [0.4, 0.5) is 5.69 Å². The molecule has 30 heavy (non-hydrogen) atoms. The first-order valence-corrected chi connectivity index (χ1v) is 10.5. The van der Waals surface area contributed by atoms with Crippen molar-refractivity contribution in [3.63, 3.8) is 0 Å². The molecule has 0 radical (unpaired) electrons. The van der Waals surface area contributed by atoms with Gasteiger partial charge in [0.1, 0.15) is 5.75 Å². The van der Waals surface area contributed by atoms with Crippen molar-refractivity contribution in [2.24, 2.45) is 0 Å². The zero-order chi connectivity index (χ0) is 21.2. The minimum absolute atomic E-state index is 0.302. The number of ether oxygens (including phenoxy) is 2. The molecule has 160 valence electrons. The lowest BCUT2D eigenvalue weighted by Crippen LogP contribution is -2.42. The van der Waals surface area contributed by atoms with E-state index in [0.29, 0.717) is 12.5 Å². The summed E-state index contributed by atoms with van der Waals surface area (Å²) >= 11 is 0. The van der Waals surface area contributed by atoms with Gasteiger partial charge in [-0.1, -0.05) is 24.3 Å². The largest absolute Gasteiger partial charge is 0.497 e. The van der Waals surface area contributed by atoms with E-state index >= 15 is 0 Å². The minimum Gasteiger partial charge on any atom is -0.497 e. The maximum atomic E-state index is 8.75. The molecule has 0 amide bonds. The van der Waals surface area contributed by atoms with Crippen LogP contribution >= 0.6 is 0 Å². The molecule has 0 spiro atoms. The van der Waals surface area contributed by atoms with E-state index in [1.54, 1.807) is 7.11 Å². The smallest absolute Gasteiger partial charge is 0.118 e. The summed E-state index contributed by atoms with van der Waals surface area (Å²) in [5.41, 5.74) is 3.68. The minimum atomic E-state index is 0.302. The molecule has 6 nitrogen and oxygen atoms in total. The molecule has 3 rings (SSSR count). The van der Waals surface area contributed by atoms with E-state index in [1.807, 2.05) is 19.2 Å². The molecular formula is C24H32N4O2. The van der Waals surface area contributed by atoms with Crippen LogP contribution in [0.5, 0.6) is 5.75 Å². The molecule has 1 heterocycles. The SMILES string of the molecule is COc1ccc(C(CNCc2ccc(N(C)CCC#N)cc2)N2CCOCC2)cc1. The first kappa shape index (κ1) is 22.1. The number of nitrogens with one attached hydrogen (secondary N) is 1. The Morgan fingerprint density at radius 2 is 1.83 bits per heavy atom. The zero-order valence-electron chi connectivity index (χ0n) is 18.0. The number of nitrogens with zero attached hydrogens (tertiary/aromatic N) is 3. The van der Waals surface area contributed by atoms with Crippen LogP contribution in [-0.2, 0) is 11.3 Å². The summed E-state index contributed by atoms with van der Waals surface area (Å²) in [7, 11) is 3.72. The van der Waals surface area contributed by atoms with Crippen molar-refractivity contribution >= 4 is 5.69 Å². The summed E-state index contributed by atoms with van der Waals surface area (Å²) < 4.78 is 10.9. The molecule has 1 atom stereocenters. The van der Waals surface area contributed by atoms with Crippen molar-refractivity contribution in [3.8, 4) is 11.8 Å². The Bertz CT molecular complexity index is 795. The molecule has 1 unspecified atom stereocenters. The van der Waals surface area contributed by atoms with Gasteiger partial charge in [-0.15, -0.1) is 0 Å². The third-order valence-corrected chi connectivity index (χ3v) is 5.59. The Hall–Kier alpha value is -2.59. The standard InChI is InChI=1S/C24H32N4O2/c1-27(13-3-12-25)22-8-4-20(5-9-22)18-26-19-24(28-14-16-30-17-15-28)21-6-10-23(29-2)11-7-21/h4-11,24,26H,3,13-19H2,1-2H3. The third kappa shape index (κ3) is 6.20. The zero-order valence-corrected chi connectivity index (χ0v) is 18.0. The first-order chi connectivity index (χ1) is 14.7. The highest BCUT2D eigenvalue weighted by molar-refractivity contribution is 5.46. The Kier molecular flexibility index (Phi) is 8.52. The fraction of sp³-hybridized carbons (Fsp3) is 0.458. The van der Waals surface area contributed by atoms with Crippen LogP contribution < -0.4 is 15.0 Å². The van der Waals surface area contributed by atoms with Crippen LogP contribution in [0.15, 0.2) is 48.5 Å². The third-order valence-electron chi connectivity index (χ3n) is 5.59. The summed E-state index contributed by atoms with van der Waals surface area (Å²) in [5.74, 6) is 0.882. The van der Waals surface area contributed by atoms with Crippen LogP contribution in [0.25, 0.3) is 0 Å². The van der Waals surface area contributed by atoms with Crippen LogP contribution in [0, 0.1) is 11.3 Å². The average molecular weight is 409 g/mol. The van der Waals surface area contributed by atoms with Gasteiger partial charge in [-0.25, -0.2) is 0 Å². The maximum Gasteiger partial charge on any atom is 0.118 e. The van der Waals surface area contributed by atoms with E-state index in [9.17, 15) is 0 Å². The van der Waals surface area contributed by atoms with Crippen molar-refractivity contribution in [1.82, 2.24) is 10.2 Å². The molecule has 1 saturated heterocycles. The second kappa shape index (κ2) is 11.6. The highest BCUT2D eigenvalue weighted by Gasteiger charge is 2.22. The molecule has 1 aliphatic rings. The van der Waals surface area contributed by atoms with Gasteiger partial charge in [-0.2, -0.15) is 5.26 Å². The highest BCUT2D eigenvalue weighted by Crippen LogP contribution is 2.24. The maximum absolute atomic E-state index is 8.75. The molecule has 0 bridgehead atoms. The lowest BCUT2D eigenvalue weighted by atomic mass is 10.0. The number of morpholine rings is 1. The lowest BCUT2D eigenvalue weighted by Gasteiger charge is -2.35. The van der Waals surface area contributed by atoms with Crippen molar-refractivity contribution in [3.05, 3.63) is 59.7 Å². The van der Waals surface area contributed by atoms with E-state index in [4.69, 9.17) is 14.7 Å². The molecule has 0 saturated carbocycles. The number of benzene rings is 2. The second-order valence-corrected chi connectivity index (χ2v) is 7.56. The van der Waals surface area contributed by atoms with E-state index in [-0.39, 0.29) is 0 Å². The molecule has 1 aliphatic heterocycles. The summed E-state index contributed by atoms with van der Waals surface area (Å²) in [4.78, 5) is 4.60. The fourth-order valence-corrected chi connectivity index (χ4v) is 3.74. The Labute approximate surface area is 180 Å². The normalized spacial score (nSPS) is 15.4. The van der Waals surface area contributed by atoms with Crippen LogP contribution in [-0.4, -0.2) is 58.5 Å². The molecule has 2 aromatic rings. The Balaban J connectivity index is 1.59. The van der Waals surface area contributed by atoms with Gasteiger partial charge in [0.15, 0.2) is 0 Å². The lowest BCUT2D eigenvalue weighted by molar-refractivity contribution is 0.0161. The number of methoxy groups -OCH3 is 1. The number of rotatable bonds is 10. The summed E-state index contributed by atoms with van der Waals surface area (Å²) in [6.45, 7) is 5.90. The average Bonchev–Trinajstić information content (AvgIpc) is 2.81. The molecule has 0 aliphatic carbocycles. The Morgan fingerprint density at radius 1 is 1.13 bits per heavy atom. The number of hydrogen-bond donors (Lipinski definition) is 1. The quantitative estimate of drug-likeness (QED) is 0.651. The van der Waals surface area contributed by atoms with E-state index in [0.717, 1.165) is 57.4 Å². The molecule has 2 aromatic carbocycles. The number of anilines is 1. The predicted molar refractivity (Wildman–Crippen MR) is 120 cm³/mol. The van der Waals surface area contributed by atoms with Gasteiger partial charge >= 0.3 is 0 Å². The van der Waals surface area contributed by atoms with E-state index in [1.165, 1.54) is 11.1 Å². The summed E-state index contributed by atoms with van der Waals surface area (Å²) in [6, 6.07) is 19.4. The van der Waals surface area contributed by atoms with Gasteiger partial charge in [-0.3, -0.25) is 4.90 Å². The van der Waals surface area contributed by atoms with E-state index in [2.05, 4.69) is 57.6 Å². The molecule has 1 N–H and O–H groups in total. The van der Waals surface area contributed by atoms with E-state index < -0.39 is 0 Å². The van der Waals surface area contributed by atoms with Gasteiger partial charge in [-0.05, 0) is 35.4 Å². The van der Waals surface area contributed by atoms with Crippen LogP contribution in [0.2, 0.25) is 0 Å². The van der Waals surface area contributed by atoms with Gasteiger partial charge in [0.25, 0.3) is 0 Å². The van der Waals surface area contributed by atoms with Gasteiger partial charge in [0.05, 0.1) is 32.8 Å². The Morgan fingerprint density at radius 3 is 2.47 bits per heavy atom. The molecule has 0 aromatic heterocycles. The van der Waals surface area contributed by atoms with Crippen molar-refractivity contribution in [2.75, 3.05) is 58.5 Å². The fourth-order valence-electron chi connectivity index (χ4n) is 3.74. The second-order valence-electron chi connectivity index (χ2n) is 7.56. The monoisotopic (exact) mass is 408 g/mol. The molecule has 1 fully saturated rings. The van der Waals surface area contributed by atoms with Crippen molar-refractivity contribution < 1.29 is 9.47 Å². The predicted octanol–water partition coefficient (Wildman–Crippen LogP) is 3.21. The molecule has 6 heteroatoms. The summed E-state index contributed by atoms with van der Waals surface area (Å²) in [5, 5.41) is 12.4. The molecular weight excluding hydrogens is 376 g/mol. The topological polar surface area (TPSA) is 60.8 Å². The van der Waals surface area contributed by atoms with Crippen LogP contribution in [0.1, 0.15) is 23.6 Å². The van der Waals surface area contributed by atoms with Crippen LogP contribution in [0.3, 0.4) is 0 Å².